The van der Waals surface area contributed by atoms with Crippen LogP contribution in [0, 0.1) is 10.1 Å². The maximum Gasteiger partial charge on any atom is 0.613 e. The molecule has 0 saturated carbocycles. The third-order valence-corrected chi connectivity index (χ3v) is 2.90. The molecule has 0 saturated heterocycles. The third-order valence-electron chi connectivity index (χ3n) is 1.87. The minimum absolute atomic E-state index is 0.0385. The molecule has 0 aliphatic rings. The highest BCUT2D eigenvalue weighted by atomic mass is 31.1. The van der Waals surface area contributed by atoms with Gasteiger partial charge in [0.25, 0.3) is 5.69 Å². The van der Waals surface area contributed by atoms with Crippen LogP contribution in [0.25, 0.3) is 0 Å². The Hall–Kier alpha value is -1.36. The molecule has 7 heteroatoms. The highest BCUT2D eigenvalue weighted by Crippen LogP contribution is 2.20. The molecule has 1 aromatic carbocycles. The van der Waals surface area contributed by atoms with Gasteiger partial charge in [-0.05, 0) is 24.0 Å². The van der Waals surface area contributed by atoms with Crippen molar-refractivity contribution in [2.24, 2.45) is 0 Å². The molecule has 0 aromatic heterocycles. The van der Waals surface area contributed by atoms with Gasteiger partial charge in [-0.15, -0.1) is 4.52 Å². The summed E-state index contributed by atoms with van der Waals surface area (Å²) in [5.74, 6) is 0. The monoisotopic (exact) mass is 257 g/mol. The fraction of sp³-hybridized carbons (Fsp3) is 0.400. The van der Waals surface area contributed by atoms with Crippen molar-refractivity contribution in [3.63, 3.8) is 0 Å². The van der Waals surface area contributed by atoms with Crippen LogP contribution in [-0.2, 0) is 15.6 Å². The minimum Gasteiger partial charge on any atom is -0.258 e. The Morgan fingerprint density at radius 1 is 1.41 bits per heavy atom. The van der Waals surface area contributed by atoms with Crippen LogP contribution in [0.2, 0.25) is 0 Å². The van der Waals surface area contributed by atoms with Gasteiger partial charge < -0.3 is 0 Å². The van der Waals surface area contributed by atoms with E-state index in [-0.39, 0.29) is 11.8 Å². The molecule has 0 spiro atoms. The first-order valence-corrected chi connectivity index (χ1v) is 6.27. The Morgan fingerprint density at radius 2 is 2.00 bits per heavy atom. The van der Waals surface area contributed by atoms with Gasteiger partial charge in [0.15, 0.2) is 0 Å². The summed E-state index contributed by atoms with van der Waals surface area (Å²) in [6.07, 6.45) is -0.108. The predicted molar refractivity (Wildman–Crippen MR) is 63.8 cm³/mol. The molecule has 1 unspecified atom stereocenters. The predicted octanol–water partition coefficient (Wildman–Crippen LogP) is 2.77. The number of nitrogens with zero attached hydrogens (tertiary/aromatic N) is 1. The summed E-state index contributed by atoms with van der Waals surface area (Å²) < 4.78 is 16.3. The first-order chi connectivity index (χ1) is 7.99. The minimum atomic E-state index is -1.90. The van der Waals surface area contributed by atoms with Crippen LogP contribution < -0.4 is 5.09 Å². The molecule has 0 aliphatic heterocycles. The van der Waals surface area contributed by atoms with Crippen molar-refractivity contribution in [1.82, 2.24) is 5.09 Å². The Kier molecular flexibility index (Phi) is 5.15. The van der Waals surface area contributed by atoms with Gasteiger partial charge in [0.05, 0.1) is 11.5 Å². The molecule has 1 N–H and O–H groups in total. The Bertz CT molecular complexity index is 405. The van der Waals surface area contributed by atoms with Crippen molar-refractivity contribution in [3.05, 3.63) is 39.9 Å². The zero-order valence-electron chi connectivity index (χ0n) is 9.62. The van der Waals surface area contributed by atoms with Crippen LogP contribution in [0.5, 0.6) is 0 Å². The highest BCUT2D eigenvalue weighted by Gasteiger charge is 2.19. The molecule has 0 radical (unpaired) electrons. The summed E-state index contributed by atoms with van der Waals surface area (Å²) in [6.45, 7) is 3.93. The van der Waals surface area contributed by atoms with Gasteiger partial charge in [-0.2, -0.15) is 0 Å². The zero-order valence-corrected chi connectivity index (χ0v) is 10.5. The third kappa shape index (κ3) is 4.99. The number of nitrogens with one attached hydrogen (secondary N) is 1. The Balaban J connectivity index is 2.47. The number of hydrogen-bond donors (Lipinski definition) is 1. The van der Waals surface area contributed by atoms with E-state index in [4.69, 9.17) is 4.52 Å². The van der Waals surface area contributed by atoms with Crippen LogP contribution >= 0.6 is 8.18 Å². The summed E-state index contributed by atoms with van der Waals surface area (Å²) in [5.41, 5.74) is 0.850. The van der Waals surface area contributed by atoms with Crippen molar-refractivity contribution in [2.75, 3.05) is 0 Å². The van der Waals surface area contributed by atoms with Crippen molar-refractivity contribution in [1.29, 1.82) is 0 Å². The summed E-state index contributed by atoms with van der Waals surface area (Å²) in [6, 6.07) is 6.05. The molecular formula is C10H14N2O4P+. The summed E-state index contributed by atoms with van der Waals surface area (Å²) in [4.78, 5) is 9.96. The molecule has 17 heavy (non-hydrogen) atoms. The highest BCUT2D eigenvalue weighted by molar-refractivity contribution is 7.36. The topological polar surface area (TPSA) is 81.5 Å². The first kappa shape index (κ1) is 13.7. The van der Waals surface area contributed by atoms with Crippen molar-refractivity contribution in [2.45, 2.75) is 26.5 Å². The van der Waals surface area contributed by atoms with Gasteiger partial charge in [-0.1, -0.05) is 17.2 Å². The van der Waals surface area contributed by atoms with E-state index in [9.17, 15) is 14.7 Å². The fourth-order valence-electron chi connectivity index (χ4n) is 1.12. The van der Waals surface area contributed by atoms with Crippen molar-refractivity contribution >= 4 is 13.9 Å². The lowest BCUT2D eigenvalue weighted by Crippen LogP contribution is -2.07. The second kappa shape index (κ2) is 6.39. The molecule has 0 amide bonds. The fourth-order valence-corrected chi connectivity index (χ4v) is 1.89. The Morgan fingerprint density at radius 3 is 2.47 bits per heavy atom. The molecule has 0 aliphatic carbocycles. The largest absolute Gasteiger partial charge is 0.613 e. The van der Waals surface area contributed by atoms with E-state index in [1.54, 1.807) is 26.0 Å². The van der Waals surface area contributed by atoms with Crippen molar-refractivity contribution in [3.8, 4) is 0 Å². The van der Waals surface area contributed by atoms with Gasteiger partial charge in [0.2, 0.25) is 0 Å². The first-order valence-electron chi connectivity index (χ1n) is 5.10. The lowest BCUT2D eigenvalue weighted by molar-refractivity contribution is -0.384. The van der Waals surface area contributed by atoms with E-state index in [0.29, 0.717) is 6.54 Å². The van der Waals surface area contributed by atoms with Crippen molar-refractivity contribution < 1.29 is 14.0 Å². The van der Waals surface area contributed by atoms with E-state index in [2.05, 4.69) is 5.09 Å². The maximum absolute atomic E-state index is 11.3. The number of benzene rings is 1. The molecule has 92 valence electrons. The summed E-state index contributed by atoms with van der Waals surface area (Å²) in [7, 11) is -1.90. The van der Waals surface area contributed by atoms with Crippen LogP contribution in [0.3, 0.4) is 0 Å². The number of nitro benzene ring substituents is 1. The number of nitro groups is 1. The van der Waals surface area contributed by atoms with Crippen LogP contribution in [0.15, 0.2) is 24.3 Å². The quantitative estimate of drug-likeness (QED) is 0.481. The normalized spacial score (nSPS) is 11.6. The number of hydrogen-bond acceptors (Lipinski definition) is 4. The molecule has 6 nitrogen and oxygen atoms in total. The average molecular weight is 257 g/mol. The van der Waals surface area contributed by atoms with Gasteiger partial charge in [-0.25, -0.2) is 0 Å². The van der Waals surface area contributed by atoms with Gasteiger partial charge in [-0.3, -0.25) is 10.1 Å². The van der Waals surface area contributed by atoms with Gasteiger partial charge in [0, 0.05) is 12.1 Å². The summed E-state index contributed by atoms with van der Waals surface area (Å²) >= 11 is 0. The second-order valence-electron chi connectivity index (χ2n) is 3.67. The van der Waals surface area contributed by atoms with Gasteiger partial charge >= 0.3 is 8.18 Å². The van der Waals surface area contributed by atoms with E-state index < -0.39 is 13.1 Å². The van der Waals surface area contributed by atoms with E-state index >= 15 is 0 Å². The van der Waals surface area contributed by atoms with Crippen LogP contribution in [0.4, 0.5) is 5.69 Å². The average Bonchev–Trinajstić information content (AvgIpc) is 2.26. The number of rotatable bonds is 6. The zero-order chi connectivity index (χ0) is 12.8. The lowest BCUT2D eigenvalue weighted by atomic mass is 10.2. The second-order valence-corrected chi connectivity index (χ2v) is 4.71. The molecule has 1 aromatic rings. The maximum atomic E-state index is 11.3. The molecular weight excluding hydrogens is 243 g/mol. The van der Waals surface area contributed by atoms with E-state index in [1.807, 2.05) is 0 Å². The lowest BCUT2D eigenvalue weighted by Gasteiger charge is -1.97. The van der Waals surface area contributed by atoms with E-state index in [1.165, 1.54) is 12.1 Å². The smallest absolute Gasteiger partial charge is 0.258 e. The molecule has 0 bridgehead atoms. The number of non-ortho nitro benzene ring substituents is 1. The SMILES string of the molecule is CC(C)O[P+](=O)NCc1ccc([N+](=O)[O-])cc1. The summed E-state index contributed by atoms with van der Waals surface area (Å²) in [5, 5.41) is 13.1. The van der Waals surface area contributed by atoms with Crippen LogP contribution in [0.1, 0.15) is 19.4 Å². The van der Waals surface area contributed by atoms with Gasteiger partial charge in [0.1, 0.15) is 6.10 Å². The van der Waals surface area contributed by atoms with E-state index in [0.717, 1.165) is 5.56 Å². The standard InChI is InChI=1S/C10H14N2O4P/c1-8(2)16-17(15)11-7-9-3-5-10(6-4-9)12(13)14/h3-6,8H,7H2,1-2H3,(H,11,15)/q+1. The molecule has 0 heterocycles. The molecule has 1 rings (SSSR count). The van der Waals surface area contributed by atoms with Crippen LogP contribution in [-0.4, -0.2) is 11.0 Å². The molecule has 0 fully saturated rings. The Labute approximate surface area is 100 Å². The molecule has 1 atom stereocenters.